The largest absolute Gasteiger partial charge is 0.462 e. The summed E-state index contributed by atoms with van der Waals surface area (Å²) >= 11 is 5.83. The highest BCUT2D eigenvalue weighted by molar-refractivity contribution is 6.31. The highest BCUT2D eigenvalue weighted by atomic mass is 35.5. The van der Waals surface area contributed by atoms with E-state index in [1.54, 1.807) is 6.92 Å². The molecular weight excluding hydrogens is 560 g/mol. The van der Waals surface area contributed by atoms with Crippen molar-refractivity contribution in [2.24, 2.45) is 0 Å². The standard InChI is InChI=1S/C25H21ClF4N6O4/c1-3-40-23(39)16-9-14(12-35(6-7-37)22(16)38)17-11-31-24(32-15-4-5-19(27)18(26)10-15)33-21(17)36-13(2)8-20(34-36)25(28,29)30/h4-5,8-12,37H,3,6-7H2,1-2H3,(H,31,32,33). The fourth-order valence-corrected chi connectivity index (χ4v) is 3.92. The van der Waals surface area contributed by atoms with Crippen molar-refractivity contribution in [3.8, 4) is 16.9 Å². The molecule has 0 spiro atoms. The van der Waals surface area contributed by atoms with E-state index >= 15 is 0 Å². The Morgan fingerprint density at radius 1 is 1.23 bits per heavy atom. The molecule has 0 aliphatic carbocycles. The van der Waals surface area contributed by atoms with E-state index in [9.17, 15) is 32.3 Å². The van der Waals surface area contributed by atoms with Crippen molar-refractivity contribution in [2.45, 2.75) is 26.6 Å². The number of carbonyl (C=O) groups is 1. The van der Waals surface area contributed by atoms with Crippen LogP contribution in [0.4, 0.5) is 29.2 Å². The first-order chi connectivity index (χ1) is 18.9. The van der Waals surface area contributed by atoms with Gasteiger partial charge in [0.15, 0.2) is 11.5 Å². The van der Waals surface area contributed by atoms with E-state index in [2.05, 4.69) is 20.4 Å². The predicted octanol–water partition coefficient (Wildman–Crippen LogP) is 4.52. The van der Waals surface area contributed by atoms with Crippen molar-refractivity contribution in [2.75, 3.05) is 18.5 Å². The lowest BCUT2D eigenvalue weighted by Crippen LogP contribution is -2.28. The van der Waals surface area contributed by atoms with Gasteiger partial charge in [-0.15, -0.1) is 0 Å². The van der Waals surface area contributed by atoms with Crippen molar-refractivity contribution in [3.05, 3.63) is 80.9 Å². The number of ether oxygens (including phenoxy) is 1. The Labute approximate surface area is 228 Å². The number of pyridine rings is 1. The molecule has 210 valence electrons. The van der Waals surface area contributed by atoms with E-state index < -0.39 is 35.8 Å². The van der Waals surface area contributed by atoms with Crippen LogP contribution in [-0.2, 0) is 17.5 Å². The lowest BCUT2D eigenvalue weighted by Gasteiger charge is -2.15. The van der Waals surface area contributed by atoms with Crippen LogP contribution in [0.15, 0.2) is 47.5 Å². The Morgan fingerprint density at radius 2 is 1.98 bits per heavy atom. The number of anilines is 2. The number of hydrogen-bond acceptors (Lipinski definition) is 8. The van der Waals surface area contributed by atoms with Crippen LogP contribution in [0.1, 0.15) is 28.7 Å². The summed E-state index contributed by atoms with van der Waals surface area (Å²) < 4.78 is 61.0. The molecule has 0 amide bonds. The van der Waals surface area contributed by atoms with Crippen molar-refractivity contribution in [3.63, 3.8) is 0 Å². The summed E-state index contributed by atoms with van der Waals surface area (Å²) in [5, 5.41) is 15.7. The molecule has 40 heavy (non-hydrogen) atoms. The van der Waals surface area contributed by atoms with Crippen LogP contribution in [0.3, 0.4) is 0 Å². The second-order valence-electron chi connectivity index (χ2n) is 8.35. The molecule has 0 atom stereocenters. The molecule has 0 unspecified atom stereocenters. The number of rotatable bonds is 8. The van der Waals surface area contributed by atoms with Crippen LogP contribution in [0.5, 0.6) is 0 Å². The average molecular weight is 581 g/mol. The number of benzene rings is 1. The fourth-order valence-electron chi connectivity index (χ4n) is 3.74. The monoisotopic (exact) mass is 580 g/mol. The maximum Gasteiger partial charge on any atom is 0.435 e. The summed E-state index contributed by atoms with van der Waals surface area (Å²) in [6.45, 7) is 2.30. The fraction of sp³-hybridized carbons (Fsp3) is 0.240. The minimum absolute atomic E-state index is 0.0165. The number of halogens is 5. The van der Waals surface area contributed by atoms with Crippen molar-refractivity contribution >= 4 is 29.2 Å². The van der Waals surface area contributed by atoms with Gasteiger partial charge in [0, 0.05) is 41.4 Å². The molecule has 3 aromatic heterocycles. The summed E-state index contributed by atoms with van der Waals surface area (Å²) in [5.74, 6) is -1.82. The number of alkyl halides is 3. The molecule has 0 radical (unpaired) electrons. The van der Waals surface area contributed by atoms with Crippen LogP contribution in [-0.4, -0.2) is 48.6 Å². The van der Waals surface area contributed by atoms with Gasteiger partial charge < -0.3 is 19.7 Å². The molecule has 0 saturated heterocycles. The molecule has 4 aromatic rings. The lowest BCUT2D eigenvalue weighted by molar-refractivity contribution is -0.141. The summed E-state index contributed by atoms with van der Waals surface area (Å²) in [4.78, 5) is 33.9. The number of carbonyl (C=O) groups excluding carboxylic acids is 1. The Kier molecular flexibility index (Phi) is 8.21. The van der Waals surface area contributed by atoms with Gasteiger partial charge >= 0.3 is 12.1 Å². The van der Waals surface area contributed by atoms with E-state index in [-0.39, 0.29) is 52.3 Å². The van der Waals surface area contributed by atoms with Crippen molar-refractivity contribution < 1.29 is 32.2 Å². The average Bonchev–Trinajstić information content (AvgIpc) is 3.30. The van der Waals surface area contributed by atoms with Gasteiger partial charge in [0.2, 0.25) is 5.95 Å². The molecule has 4 rings (SSSR count). The zero-order chi connectivity index (χ0) is 29.2. The van der Waals surface area contributed by atoms with Gasteiger partial charge in [-0.1, -0.05) is 11.6 Å². The number of nitrogens with zero attached hydrogens (tertiary/aromatic N) is 5. The second kappa shape index (κ2) is 11.4. The smallest absolute Gasteiger partial charge is 0.435 e. The van der Waals surface area contributed by atoms with Gasteiger partial charge in [0.05, 0.1) is 18.2 Å². The summed E-state index contributed by atoms with van der Waals surface area (Å²) in [5.41, 5.74) is -1.66. The van der Waals surface area contributed by atoms with Crippen LogP contribution in [0.25, 0.3) is 16.9 Å². The third-order valence-electron chi connectivity index (χ3n) is 5.56. The predicted molar refractivity (Wildman–Crippen MR) is 136 cm³/mol. The highest BCUT2D eigenvalue weighted by Crippen LogP contribution is 2.32. The lowest BCUT2D eigenvalue weighted by atomic mass is 10.1. The molecule has 2 N–H and O–H groups in total. The van der Waals surface area contributed by atoms with E-state index in [4.69, 9.17) is 16.3 Å². The molecule has 10 nitrogen and oxygen atoms in total. The zero-order valence-corrected chi connectivity index (χ0v) is 21.7. The number of aliphatic hydroxyl groups is 1. The molecule has 15 heteroatoms. The third kappa shape index (κ3) is 5.97. The highest BCUT2D eigenvalue weighted by Gasteiger charge is 2.35. The maximum atomic E-state index is 13.6. The van der Waals surface area contributed by atoms with Crippen LogP contribution in [0.2, 0.25) is 5.02 Å². The molecule has 0 fully saturated rings. The summed E-state index contributed by atoms with van der Waals surface area (Å²) in [6, 6.07) is 5.76. The van der Waals surface area contributed by atoms with Gasteiger partial charge in [0.1, 0.15) is 11.4 Å². The first kappa shape index (κ1) is 28.7. The molecule has 0 aliphatic heterocycles. The van der Waals surface area contributed by atoms with Gasteiger partial charge in [-0.25, -0.2) is 18.9 Å². The van der Waals surface area contributed by atoms with E-state index in [0.29, 0.717) is 5.69 Å². The Hall–Kier alpha value is -4.30. The van der Waals surface area contributed by atoms with Gasteiger partial charge in [0.25, 0.3) is 5.56 Å². The molecule has 3 heterocycles. The maximum absolute atomic E-state index is 13.6. The number of aromatic nitrogens is 5. The summed E-state index contributed by atoms with van der Waals surface area (Å²) in [6.07, 6.45) is -2.19. The number of aryl methyl sites for hydroxylation is 1. The molecular formula is C25H21ClF4N6O4. The van der Waals surface area contributed by atoms with Gasteiger partial charge in [-0.2, -0.15) is 23.3 Å². The van der Waals surface area contributed by atoms with Crippen LogP contribution >= 0.6 is 11.6 Å². The third-order valence-corrected chi connectivity index (χ3v) is 5.85. The minimum Gasteiger partial charge on any atom is -0.462 e. The molecule has 0 bridgehead atoms. The van der Waals surface area contributed by atoms with Crippen LogP contribution in [0, 0.1) is 12.7 Å². The van der Waals surface area contributed by atoms with Gasteiger partial charge in [-0.05, 0) is 44.2 Å². The second-order valence-corrected chi connectivity index (χ2v) is 8.76. The zero-order valence-electron chi connectivity index (χ0n) is 21.0. The Bertz CT molecular complexity index is 1640. The molecule has 0 aliphatic rings. The SMILES string of the molecule is CCOC(=O)c1cc(-c2cnc(Nc3ccc(F)c(Cl)c3)nc2-n2nc(C(F)(F)F)cc2C)cn(CCO)c1=O. The van der Waals surface area contributed by atoms with E-state index in [0.717, 1.165) is 21.4 Å². The van der Waals surface area contributed by atoms with Crippen molar-refractivity contribution in [1.82, 2.24) is 24.3 Å². The number of hydrogen-bond donors (Lipinski definition) is 2. The normalized spacial score (nSPS) is 11.5. The minimum atomic E-state index is -4.75. The molecule has 0 saturated carbocycles. The quantitative estimate of drug-likeness (QED) is 0.230. The van der Waals surface area contributed by atoms with E-state index in [1.165, 1.54) is 37.5 Å². The number of nitrogens with one attached hydrogen (secondary N) is 1. The summed E-state index contributed by atoms with van der Waals surface area (Å²) in [7, 11) is 0. The van der Waals surface area contributed by atoms with Gasteiger partial charge in [-0.3, -0.25) is 4.79 Å². The van der Waals surface area contributed by atoms with E-state index in [1.807, 2.05) is 0 Å². The van der Waals surface area contributed by atoms with Crippen LogP contribution < -0.4 is 10.9 Å². The first-order valence-electron chi connectivity index (χ1n) is 11.7. The number of esters is 1. The Morgan fingerprint density at radius 3 is 2.60 bits per heavy atom. The number of aliphatic hydroxyl groups excluding tert-OH is 1. The molecule has 1 aromatic carbocycles. The van der Waals surface area contributed by atoms with Crippen molar-refractivity contribution in [1.29, 1.82) is 0 Å². The Balaban J connectivity index is 1.94. The topological polar surface area (TPSA) is 124 Å². The first-order valence-corrected chi connectivity index (χ1v) is 12.1.